The van der Waals surface area contributed by atoms with Gasteiger partial charge in [0.25, 0.3) is 10.0 Å². The van der Waals surface area contributed by atoms with Gasteiger partial charge in [-0.15, -0.1) is 0 Å². The number of carbonyl (C=O) groups is 2. The quantitative estimate of drug-likeness (QED) is 0.322. The second-order valence-electron chi connectivity index (χ2n) is 9.26. The highest BCUT2D eigenvalue weighted by molar-refractivity contribution is 9.10. The fourth-order valence-electron chi connectivity index (χ4n) is 3.80. The highest BCUT2D eigenvalue weighted by Gasteiger charge is 2.33. The molecule has 0 radical (unpaired) electrons. The molecule has 1 atom stereocenters. The number of benzene rings is 3. The summed E-state index contributed by atoms with van der Waals surface area (Å²) in [4.78, 5) is 28.2. The van der Waals surface area contributed by atoms with E-state index in [4.69, 9.17) is 11.6 Å². The van der Waals surface area contributed by atoms with Gasteiger partial charge in [-0.1, -0.05) is 69.5 Å². The van der Waals surface area contributed by atoms with Crippen molar-refractivity contribution in [3.63, 3.8) is 0 Å². The molecule has 0 aliphatic carbocycles. The number of hydrogen-bond acceptors (Lipinski definition) is 4. The average molecular weight is 621 g/mol. The van der Waals surface area contributed by atoms with E-state index in [1.54, 1.807) is 67.6 Å². The molecular formula is C28H31BrClN3O4S. The molecule has 10 heteroatoms. The Morgan fingerprint density at radius 1 is 0.974 bits per heavy atom. The Labute approximate surface area is 238 Å². The van der Waals surface area contributed by atoms with Crippen LogP contribution < -0.4 is 9.62 Å². The smallest absolute Gasteiger partial charge is 0.264 e. The largest absolute Gasteiger partial charge is 0.352 e. The fourth-order valence-corrected chi connectivity index (χ4v) is 5.78. The first-order chi connectivity index (χ1) is 17.9. The Morgan fingerprint density at radius 2 is 1.63 bits per heavy atom. The Balaban J connectivity index is 2.04. The lowest BCUT2D eigenvalue weighted by Gasteiger charge is -2.32. The molecule has 202 valence electrons. The molecule has 0 aliphatic heterocycles. The van der Waals surface area contributed by atoms with Gasteiger partial charge in [-0.25, -0.2) is 8.42 Å². The number of nitrogens with zero attached hydrogens (tertiary/aromatic N) is 2. The van der Waals surface area contributed by atoms with Crippen LogP contribution in [0.15, 0.2) is 82.2 Å². The standard InChI is InChI=1S/C28H31BrClN3O4S/c1-19(2)31-28(35)21(4)32(17-22-8-5-6-11-26(22)30)27(34)18-33(24-10-7-9-23(29)16-24)38(36,37)25-14-12-20(3)13-15-25/h5-16,19,21H,17-18H2,1-4H3,(H,31,35)/t21-/m1/s1. The van der Waals surface area contributed by atoms with Gasteiger partial charge in [0.2, 0.25) is 11.8 Å². The van der Waals surface area contributed by atoms with Gasteiger partial charge in [0.05, 0.1) is 10.6 Å². The van der Waals surface area contributed by atoms with Gasteiger partial charge in [0.15, 0.2) is 0 Å². The van der Waals surface area contributed by atoms with Crippen LogP contribution in [0.25, 0.3) is 0 Å². The third-order valence-electron chi connectivity index (χ3n) is 5.88. The molecule has 0 aromatic heterocycles. The molecule has 7 nitrogen and oxygen atoms in total. The van der Waals surface area contributed by atoms with Crippen molar-refractivity contribution in [3.05, 3.63) is 93.4 Å². The zero-order valence-corrected chi connectivity index (χ0v) is 24.8. The number of hydrogen-bond donors (Lipinski definition) is 1. The van der Waals surface area contributed by atoms with Crippen molar-refractivity contribution >= 4 is 55.1 Å². The zero-order valence-electron chi connectivity index (χ0n) is 21.7. The number of sulfonamides is 1. The second kappa shape index (κ2) is 12.8. The van der Waals surface area contributed by atoms with E-state index in [9.17, 15) is 18.0 Å². The maximum absolute atomic E-state index is 13.9. The van der Waals surface area contributed by atoms with Crippen molar-refractivity contribution in [2.24, 2.45) is 0 Å². The summed E-state index contributed by atoms with van der Waals surface area (Å²) in [6, 6.07) is 19.2. The van der Waals surface area contributed by atoms with Gasteiger partial charge in [-0.05, 0) is 69.7 Å². The Kier molecular flexibility index (Phi) is 9.98. The van der Waals surface area contributed by atoms with Crippen LogP contribution in [-0.4, -0.2) is 43.8 Å². The average Bonchev–Trinajstić information content (AvgIpc) is 2.86. The van der Waals surface area contributed by atoms with Crippen molar-refractivity contribution in [1.82, 2.24) is 10.2 Å². The van der Waals surface area contributed by atoms with Crippen LogP contribution in [0, 0.1) is 6.92 Å². The van der Waals surface area contributed by atoms with Crippen molar-refractivity contribution in [2.75, 3.05) is 10.8 Å². The summed E-state index contributed by atoms with van der Waals surface area (Å²) in [7, 11) is -4.12. The minimum absolute atomic E-state index is 0.0299. The van der Waals surface area contributed by atoms with Gasteiger partial charge in [0.1, 0.15) is 12.6 Å². The van der Waals surface area contributed by atoms with E-state index in [0.717, 1.165) is 9.87 Å². The SMILES string of the molecule is Cc1ccc(S(=O)(=O)N(CC(=O)N(Cc2ccccc2Cl)[C@H](C)C(=O)NC(C)C)c2cccc(Br)c2)cc1. The van der Waals surface area contributed by atoms with Gasteiger partial charge in [0, 0.05) is 22.1 Å². The van der Waals surface area contributed by atoms with E-state index in [-0.39, 0.29) is 23.4 Å². The number of carbonyl (C=O) groups excluding carboxylic acids is 2. The normalized spacial score (nSPS) is 12.2. The van der Waals surface area contributed by atoms with E-state index in [1.807, 2.05) is 20.8 Å². The lowest BCUT2D eigenvalue weighted by molar-refractivity contribution is -0.139. The molecule has 1 N–H and O–H groups in total. The molecule has 3 rings (SSSR count). The van der Waals surface area contributed by atoms with Gasteiger partial charge < -0.3 is 10.2 Å². The van der Waals surface area contributed by atoms with E-state index in [2.05, 4.69) is 21.2 Å². The fraction of sp³-hybridized carbons (Fsp3) is 0.286. The molecule has 0 saturated heterocycles. The molecule has 0 heterocycles. The number of rotatable bonds is 10. The monoisotopic (exact) mass is 619 g/mol. The third-order valence-corrected chi connectivity index (χ3v) is 8.53. The van der Waals surface area contributed by atoms with Crippen LogP contribution in [0.5, 0.6) is 0 Å². The number of nitrogens with one attached hydrogen (secondary N) is 1. The second-order valence-corrected chi connectivity index (χ2v) is 12.4. The predicted octanol–water partition coefficient (Wildman–Crippen LogP) is 5.55. The Hall–Kier alpha value is -2.88. The predicted molar refractivity (Wildman–Crippen MR) is 155 cm³/mol. The van der Waals surface area contributed by atoms with E-state index < -0.39 is 28.5 Å². The number of anilines is 1. The number of halogens is 2. The summed E-state index contributed by atoms with van der Waals surface area (Å²) in [6.45, 7) is 6.65. The molecule has 38 heavy (non-hydrogen) atoms. The molecule has 0 spiro atoms. The van der Waals surface area contributed by atoms with Crippen molar-refractivity contribution in [1.29, 1.82) is 0 Å². The van der Waals surface area contributed by atoms with E-state index >= 15 is 0 Å². The van der Waals surface area contributed by atoms with Gasteiger partial charge in [-0.3, -0.25) is 13.9 Å². The van der Waals surface area contributed by atoms with Crippen LogP contribution in [0.2, 0.25) is 5.02 Å². The van der Waals surface area contributed by atoms with Crippen LogP contribution in [0.4, 0.5) is 5.69 Å². The highest BCUT2D eigenvalue weighted by atomic mass is 79.9. The van der Waals surface area contributed by atoms with Gasteiger partial charge >= 0.3 is 0 Å². The first-order valence-corrected chi connectivity index (χ1v) is 14.7. The van der Waals surface area contributed by atoms with Gasteiger partial charge in [-0.2, -0.15) is 0 Å². The Morgan fingerprint density at radius 3 is 2.24 bits per heavy atom. The van der Waals surface area contributed by atoms with E-state index in [0.29, 0.717) is 20.7 Å². The number of aryl methyl sites for hydroxylation is 1. The minimum atomic E-state index is -4.12. The molecule has 3 aromatic rings. The molecule has 0 aliphatic rings. The van der Waals surface area contributed by atoms with Crippen molar-refractivity contribution < 1.29 is 18.0 Å². The first-order valence-electron chi connectivity index (χ1n) is 12.1. The minimum Gasteiger partial charge on any atom is -0.352 e. The maximum atomic E-state index is 13.9. The summed E-state index contributed by atoms with van der Waals surface area (Å²) in [5, 5.41) is 3.27. The molecule has 0 unspecified atom stereocenters. The lowest BCUT2D eigenvalue weighted by atomic mass is 10.1. The lowest BCUT2D eigenvalue weighted by Crippen LogP contribution is -2.52. The molecular weight excluding hydrogens is 590 g/mol. The summed E-state index contributed by atoms with van der Waals surface area (Å²) in [5.74, 6) is -0.900. The van der Waals surface area contributed by atoms with Crippen molar-refractivity contribution in [2.45, 2.75) is 51.2 Å². The zero-order chi connectivity index (χ0) is 28.0. The van der Waals surface area contributed by atoms with E-state index in [1.165, 1.54) is 17.0 Å². The third kappa shape index (κ3) is 7.36. The summed E-state index contributed by atoms with van der Waals surface area (Å²) in [5.41, 5.74) is 1.86. The van der Waals surface area contributed by atoms with Crippen LogP contribution in [0.3, 0.4) is 0 Å². The first kappa shape index (κ1) is 29.7. The summed E-state index contributed by atoms with van der Waals surface area (Å²) in [6.07, 6.45) is 0. The van der Waals surface area contributed by atoms with Crippen LogP contribution in [0.1, 0.15) is 31.9 Å². The van der Waals surface area contributed by atoms with Crippen LogP contribution >= 0.6 is 27.5 Å². The summed E-state index contributed by atoms with van der Waals surface area (Å²) < 4.78 is 29.4. The van der Waals surface area contributed by atoms with Crippen molar-refractivity contribution in [3.8, 4) is 0 Å². The molecule has 2 amide bonds. The molecule has 0 bridgehead atoms. The molecule has 0 fully saturated rings. The molecule has 0 saturated carbocycles. The highest BCUT2D eigenvalue weighted by Crippen LogP contribution is 2.27. The van der Waals surface area contributed by atoms with Crippen LogP contribution in [-0.2, 0) is 26.2 Å². The number of amides is 2. The summed E-state index contributed by atoms with van der Waals surface area (Å²) >= 11 is 9.77. The Bertz CT molecular complexity index is 1400. The topological polar surface area (TPSA) is 86.8 Å². The maximum Gasteiger partial charge on any atom is 0.264 e. The molecule has 3 aromatic carbocycles.